The van der Waals surface area contributed by atoms with E-state index < -0.39 is 18.5 Å². The smallest absolute Gasteiger partial charge is 0.332 e. The van der Waals surface area contributed by atoms with Crippen LogP contribution in [0.5, 0.6) is 0 Å². The average molecular weight is 231 g/mol. The summed E-state index contributed by atoms with van der Waals surface area (Å²) in [6, 6.07) is 2.88. The first-order chi connectivity index (χ1) is 7.09. The number of rotatable bonds is 4. The molecule has 0 atom stereocenters. The Balaban J connectivity index is 2.47. The molecule has 2 N–H and O–H groups in total. The Bertz CT molecular complexity index is 365. The van der Waals surface area contributed by atoms with Gasteiger partial charge in [-0.25, -0.2) is 15.3 Å². The highest BCUT2D eigenvalue weighted by molar-refractivity contribution is 6.30. The van der Waals surface area contributed by atoms with Crippen LogP contribution in [0.4, 0.5) is 0 Å². The van der Waals surface area contributed by atoms with Crippen LogP contribution < -0.4 is 5.48 Å². The minimum absolute atomic E-state index is 0.0878. The van der Waals surface area contributed by atoms with Gasteiger partial charge in [0.15, 0.2) is 6.61 Å². The van der Waals surface area contributed by atoms with E-state index >= 15 is 0 Å². The molecular weight excluding hydrogens is 224 g/mol. The minimum Gasteiger partial charge on any atom is -0.479 e. The van der Waals surface area contributed by atoms with Crippen LogP contribution in [0.2, 0.25) is 5.02 Å². The van der Waals surface area contributed by atoms with Gasteiger partial charge < -0.3 is 5.11 Å². The molecule has 1 rings (SSSR count). The Morgan fingerprint density at radius 1 is 1.53 bits per heavy atom. The van der Waals surface area contributed by atoms with E-state index in [9.17, 15) is 9.59 Å². The number of hydroxylamine groups is 1. The summed E-state index contributed by atoms with van der Waals surface area (Å²) in [5.41, 5.74) is 2.01. The second-order valence-corrected chi connectivity index (χ2v) is 2.91. The van der Waals surface area contributed by atoms with E-state index in [4.69, 9.17) is 16.7 Å². The molecule has 0 radical (unpaired) electrons. The molecule has 1 heterocycles. The molecule has 7 heteroatoms. The summed E-state index contributed by atoms with van der Waals surface area (Å²) < 4.78 is 0. The first kappa shape index (κ1) is 11.4. The third-order valence-corrected chi connectivity index (χ3v) is 1.54. The van der Waals surface area contributed by atoms with Crippen molar-refractivity contribution in [2.45, 2.75) is 0 Å². The van der Waals surface area contributed by atoms with Gasteiger partial charge in [-0.2, -0.15) is 0 Å². The lowest BCUT2D eigenvalue weighted by atomic mass is 10.3. The molecule has 0 saturated carbocycles. The highest BCUT2D eigenvalue weighted by atomic mass is 35.5. The number of carbonyl (C=O) groups is 2. The third-order valence-electron chi connectivity index (χ3n) is 1.32. The van der Waals surface area contributed by atoms with Crippen molar-refractivity contribution in [1.82, 2.24) is 10.5 Å². The fourth-order valence-corrected chi connectivity index (χ4v) is 0.838. The van der Waals surface area contributed by atoms with Crippen molar-refractivity contribution in [3.63, 3.8) is 0 Å². The predicted molar refractivity (Wildman–Crippen MR) is 50.3 cm³/mol. The topological polar surface area (TPSA) is 88.5 Å². The largest absolute Gasteiger partial charge is 0.479 e. The second-order valence-electron chi connectivity index (χ2n) is 2.48. The average Bonchev–Trinajstić information content (AvgIpc) is 2.18. The molecule has 0 aromatic carbocycles. The summed E-state index contributed by atoms with van der Waals surface area (Å²) in [5, 5.41) is 8.62. The molecule has 6 nitrogen and oxygen atoms in total. The van der Waals surface area contributed by atoms with Gasteiger partial charge >= 0.3 is 5.97 Å². The van der Waals surface area contributed by atoms with E-state index in [-0.39, 0.29) is 5.69 Å². The molecule has 0 spiro atoms. The quantitative estimate of drug-likeness (QED) is 0.735. The highest BCUT2D eigenvalue weighted by Crippen LogP contribution is 2.05. The predicted octanol–water partition coefficient (Wildman–Crippen LogP) is 0.481. The summed E-state index contributed by atoms with van der Waals surface area (Å²) in [5.74, 6) is -1.81. The van der Waals surface area contributed by atoms with Crippen LogP contribution >= 0.6 is 11.6 Å². The van der Waals surface area contributed by atoms with Crippen molar-refractivity contribution in [2.75, 3.05) is 6.61 Å². The number of nitrogens with zero attached hydrogens (tertiary/aromatic N) is 1. The first-order valence-corrected chi connectivity index (χ1v) is 4.23. The molecule has 15 heavy (non-hydrogen) atoms. The van der Waals surface area contributed by atoms with Crippen LogP contribution in [0.1, 0.15) is 10.5 Å². The van der Waals surface area contributed by atoms with Gasteiger partial charge in [0.1, 0.15) is 5.69 Å². The first-order valence-electron chi connectivity index (χ1n) is 3.85. The van der Waals surface area contributed by atoms with Crippen molar-refractivity contribution < 1.29 is 19.5 Å². The Morgan fingerprint density at radius 2 is 2.27 bits per heavy atom. The zero-order valence-corrected chi connectivity index (χ0v) is 8.19. The zero-order chi connectivity index (χ0) is 11.3. The maximum Gasteiger partial charge on any atom is 0.332 e. The van der Waals surface area contributed by atoms with Crippen molar-refractivity contribution in [3.8, 4) is 0 Å². The standard InChI is InChI=1S/C8H7ClN2O4/c9-5-1-2-6(10-3-5)8(14)11-15-4-7(12)13/h1-3H,4H2,(H,11,14)(H,12,13). The fraction of sp³-hybridized carbons (Fsp3) is 0.125. The molecule has 0 aliphatic rings. The number of nitrogens with one attached hydrogen (secondary N) is 1. The van der Waals surface area contributed by atoms with Gasteiger partial charge in [-0.05, 0) is 12.1 Å². The minimum atomic E-state index is -1.18. The van der Waals surface area contributed by atoms with Gasteiger partial charge in [0.2, 0.25) is 0 Å². The maximum atomic E-state index is 11.2. The number of carbonyl (C=O) groups excluding carboxylic acids is 1. The lowest BCUT2D eigenvalue weighted by Crippen LogP contribution is -2.27. The van der Waals surface area contributed by atoms with Crippen molar-refractivity contribution >= 4 is 23.5 Å². The molecule has 1 amide bonds. The van der Waals surface area contributed by atoms with E-state index in [2.05, 4.69) is 9.82 Å². The summed E-state index contributed by atoms with van der Waals surface area (Å²) in [4.78, 5) is 29.3. The summed E-state index contributed by atoms with van der Waals surface area (Å²) >= 11 is 5.56. The monoisotopic (exact) mass is 230 g/mol. The summed E-state index contributed by atoms with van der Waals surface area (Å²) in [7, 11) is 0. The van der Waals surface area contributed by atoms with Crippen LogP contribution in [-0.2, 0) is 9.63 Å². The van der Waals surface area contributed by atoms with Gasteiger partial charge in [0, 0.05) is 6.20 Å². The zero-order valence-electron chi connectivity index (χ0n) is 7.44. The molecular formula is C8H7ClN2O4. The Labute approximate surface area is 89.8 Å². The van der Waals surface area contributed by atoms with Crippen molar-refractivity contribution in [1.29, 1.82) is 0 Å². The van der Waals surface area contributed by atoms with E-state index in [1.807, 2.05) is 5.48 Å². The normalized spacial score (nSPS) is 9.67. The number of carboxylic acid groups (broad SMARTS) is 1. The fourth-order valence-electron chi connectivity index (χ4n) is 0.726. The van der Waals surface area contributed by atoms with Crippen LogP contribution in [0.15, 0.2) is 18.3 Å². The summed E-state index contributed by atoms with van der Waals surface area (Å²) in [6.07, 6.45) is 1.30. The molecule has 0 saturated heterocycles. The van der Waals surface area contributed by atoms with Crippen molar-refractivity contribution in [2.24, 2.45) is 0 Å². The molecule has 0 aliphatic carbocycles. The van der Waals surface area contributed by atoms with Crippen LogP contribution in [0.25, 0.3) is 0 Å². The second kappa shape index (κ2) is 5.28. The number of aliphatic carboxylic acids is 1. The van der Waals surface area contributed by atoms with E-state index in [0.29, 0.717) is 5.02 Å². The Kier molecular flexibility index (Phi) is 4.02. The van der Waals surface area contributed by atoms with Gasteiger partial charge in [0.25, 0.3) is 5.91 Å². The number of amides is 1. The number of hydrogen-bond acceptors (Lipinski definition) is 4. The van der Waals surface area contributed by atoms with Crippen LogP contribution in [0, 0.1) is 0 Å². The number of carboxylic acids is 1. The maximum absolute atomic E-state index is 11.2. The van der Waals surface area contributed by atoms with Gasteiger partial charge in [-0.15, -0.1) is 0 Å². The highest BCUT2D eigenvalue weighted by Gasteiger charge is 2.07. The molecule has 0 bridgehead atoms. The van der Waals surface area contributed by atoms with Crippen LogP contribution in [-0.4, -0.2) is 28.6 Å². The van der Waals surface area contributed by atoms with Gasteiger partial charge in [0.05, 0.1) is 5.02 Å². The van der Waals surface area contributed by atoms with Gasteiger partial charge in [-0.3, -0.25) is 9.63 Å². The third kappa shape index (κ3) is 3.92. The molecule has 0 fully saturated rings. The molecule has 0 unspecified atom stereocenters. The SMILES string of the molecule is O=C(O)CONC(=O)c1ccc(Cl)cn1. The lowest BCUT2D eigenvalue weighted by molar-refractivity contribution is -0.144. The van der Waals surface area contributed by atoms with E-state index in [1.54, 1.807) is 0 Å². The van der Waals surface area contributed by atoms with Crippen molar-refractivity contribution in [3.05, 3.63) is 29.0 Å². The van der Waals surface area contributed by atoms with E-state index in [0.717, 1.165) is 0 Å². The van der Waals surface area contributed by atoms with Gasteiger partial charge in [-0.1, -0.05) is 11.6 Å². The number of halogens is 1. The molecule has 1 aromatic rings. The molecule has 1 aromatic heterocycles. The number of pyridine rings is 1. The number of aromatic nitrogens is 1. The molecule has 80 valence electrons. The molecule has 0 aliphatic heterocycles. The number of hydrogen-bond donors (Lipinski definition) is 2. The lowest BCUT2D eigenvalue weighted by Gasteiger charge is -2.02. The van der Waals surface area contributed by atoms with E-state index in [1.165, 1.54) is 18.3 Å². The van der Waals surface area contributed by atoms with Crippen LogP contribution in [0.3, 0.4) is 0 Å². The Hall–Kier alpha value is -1.66. The Morgan fingerprint density at radius 3 is 2.80 bits per heavy atom. The summed E-state index contributed by atoms with van der Waals surface area (Å²) in [6.45, 7) is -0.612.